The minimum atomic E-state index is -1.13. The number of carboxylic acids is 1. The Morgan fingerprint density at radius 2 is 2.11 bits per heavy atom. The van der Waals surface area contributed by atoms with Gasteiger partial charge in [0, 0.05) is 18.5 Å². The van der Waals surface area contributed by atoms with Gasteiger partial charge in [0.25, 0.3) is 0 Å². The van der Waals surface area contributed by atoms with Gasteiger partial charge in [-0.15, -0.1) is 0 Å². The molecule has 5 N–H and O–H groups in total. The summed E-state index contributed by atoms with van der Waals surface area (Å²) >= 11 is 0. The molecule has 2 rings (SSSR count). The summed E-state index contributed by atoms with van der Waals surface area (Å²) in [5.41, 5.74) is 4.99. The molecule has 0 radical (unpaired) electrons. The van der Waals surface area contributed by atoms with E-state index in [1.807, 2.05) is 0 Å². The Morgan fingerprint density at radius 3 is 2.58 bits per heavy atom. The van der Waals surface area contributed by atoms with E-state index >= 15 is 0 Å². The normalized spacial score (nSPS) is 30.0. The number of fused-ring (bicyclic) bond motifs is 2. The lowest BCUT2D eigenvalue weighted by Crippen LogP contribution is -2.46. The van der Waals surface area contributed by atoms with E-state index in [9.17, 15) is 14.4 Å². The first kappa shape index (κ1) is 13.8. The second-order valence-corrected chi connectivity index (χ2v) is 5.29. The van der Waals surface area contributed by atoms with E-state index in [0.717, 1.165) is 19.3 Å². The molecule has 19 heavy (non-hydrogen) atoms. The number of carbonyl (C=O) groups is 3. The first-order valence-electron chi connectivity index (χ1n) is 6.55. The summed E-state index contributed by atoms with van der Waals surface area (Å²) in [6.07, 6.45) is 2.79. The smallest absolute Gasteiger partial charge is 0.326 e. The summed E-state index contributed by atoms with van der Waals surface area (Å²) in [5, 5.41) is 14.9. The van der Waals surface area contributed by atoms with Crippen LogP contribution in [0.1, 0.15) is 32.1 Å². The third-order valence-electron chi connectivity index (χ3n) is 3.93. The number of nitrogens with one attached hydrogen (secondary N) is 2. The summed E-state index contributed by atoms with van der Waals surface area (Å²) in [7, 11) is 0. The van der Waals surface area contributed by atoms with Crippen molar-refractivity contribution in [3.63, 3.8) is 0 Å². The molecule has 0 aliphatic carbocycles. The number of hydrogen-bond donors (Lipinski definition) is 4. The highest BCUT2D eigenvalue weighted by molar-refractivity contribution is 5.86. The zero-order chi connectivity index (χ0) is 14.0. The molecule has 0 aromatic rings. The van der Waals surface area contributed by atoms with Crippen LogP contribution in [0.5, 0.6) is 0 Å². The highest BCUT2D eigenvalue weighted by Crippen LogP contribution is 2.33. The van der Waals surface area contributed by atoms with Gasteiger partial charge in [-0.3, -0.25) is 9.59 Å². The fraction of sp³-hybridized carbons (Fsp3) is 0.750. The van der Waals surface area contributed by atoms with Gasteiger partial charge in [-0.25, -0.2) is 4.79 Å². The number of carboxylic acid groups (broad SMARTS) is 1. The van der Waals surface area contributed by atoms with Crippen LogP contribution in [0.3, 0.4) is 0 Å². The number of rotatable bonds is 6. The maximum Gasteiger partial charge on any atom is 0.326 e. The Balaban J connectivity index is 1.88. The second kappa shape index (κ2) is 5.56. The minimum absolute atomic E-state index is 0.0324. The van der Waals surface area contributed by atoms with Crippen molar-refractivity contribution in [1.29, 1.82) is 0 Å². The number of amides is 2. The molecule has 106 valence electrons. The molecule has 7 nitrogen and oxygen atoms in total. The van der Waals surface area contributed by atoms with Crippen molar-refractivity contribution in [3.05, 3.63) is 0 Å². The topological polar surface area (TPSA) is 122 Å². The summed E-state index contributed by atoms with van der Waals surface area (Å²) < 4.78 is 0. The molecule has 2 fully saturated rings. The lowest BCUT2D eigenvalue weighted by Gasteiger charge is -2.22. The van der Waals surface area contributed by atoms with Gasteiger partial charge in [-0.1, -0.05) is 0 Å². The zero-order valence-electron chi connectivity index (χ0n) is 10.6. The molecule has 0 spiro atoms. The molecule has 2 aliphatic rings. The molecule has 0 aromatic heterocycles. The molecule has 2 bridgehead atoms. The minimum Gasteiger partial charge on any atom is -0.480 e. The van der Waals surface area contributed by atoms with Crippen molar-refractivity contribution in [2.45, 2.75) is 50.2 Å². The van der Waals surface area contributed by atoms with Crippen molar-refractivity contribution in [1.82, 2.24) is 10.6 Å². The summed E-state index contributed by atoms with van der Waals surface area (Å²) in [5.74, 6) is -2.10. The van der Waals surface area contributed by atoms with Gasteiger partial charge in [-0.05, 0) is 25.7 Å². The van der Waals surface area contributed by atoms with E-state index in [4.69, 9.17) is 10.8 Å². The average molecular weight is 269 g/mol. The van der Waals surface area contributed by atoms with Crippen LogP contribution in [0.15, 0.2) is 0 Å². The van der Waals surface area contributed by atoms with E-state index in [1.165, 1.54) is 0 Å². The molecule has 0 aromatic carbocycles. The fourth-order valence-corrected chi connectivity index (χ4v) is 2.94. The van der Waals surface area contributed by atoms with Gasteiger partial charge in [0.15, 0.2) is 0 Å². The van der Waals surface area contributed by atoms with E-state index in [1.54, 1.807) is 0 Å². The zero-order valence-corrected chi connectivity index (χ0v) is 10.6. The van der Waals surface area contributed by atoms with Crippen LogP contribution in [0.4, 0.5) is 0 Å². The molecule has 2 aliphatic heterocycles. The van der Waals surface area contributed by atoms with Crippen molar-refractivity contribution in [2.24, 2.45) is 11.7 Å². The quantitative estimate of drug-likeness (QED) is 0.491. The van der Waals surface area contributed by atoms with Gasteiger partial charge in [0.1, 0.15) is 6.04 Å². The van der Waals surface area contributed by atoms with Gasteiger partial charge >= 0.3 is 5.97 Å². The standard InChI is InChI=1S/C12H19N3O4/c13-10(16)4-3-9(12(18)19)15-11(17)7-5-6-1-2-8(7)14-6/h6-9,14H,1-5H2,(H2,13,16)(H,15,17)(H,18,19)/t6?,7?,8?,9-/m1/s1. The van der Waals surface area contributed by atoms with Crippen LogP contribution in [0, 0.1) is 5.92 Å². The predicted molar refractivity (Wildman–Crippen MR) is 66.0 cm³/mol. The molecule has 3 unspecified atom stereocenters. The highest BCUT2D eigenvalue weighted by atomic mass is 16.4. The number of primary amides is 1. The Hall–Kier alpha value is -1.63. The van der Waals surface area contributed by atoms with Gasteiger partial charge in [-0.2, -0.15) is 0 Å². The van der Waals surface area contributed by atoms with Crippen molar-refractivity contribution >= 4 is 17.8 Å². The number of carbonyl (C=O) groups excluding carboxylic acids is 2. The third-order valence-corrected chi connectivity index (χ3v) is 3.93. The lowest BCUT2D eigenvalue weighted by molar-refractivity contribution is -0.143. The van der Waals surface area contributed by atoms with Gasteiger partial charge < -0.3 is 21.5 Å². The molecule has 2 heterocycles. The molecular weight excluding hydrogens is 250 g/mol. The predicted octanol–water partition coefficient (Wildman–Crippen LogP) is -1.04. The first-order valence-corrected chi connectivity index (χ1v) is 6.55. The van der Waals surface area contributed by atoms with Crippen LogP contribution in [0.2, 0.25) is 0 Å². The molecule has 0 saturated carbocycles. The van der Waals surface area contributed by atoms with Crippen molar-refractivity contribution in [3.8, 4) is 0 Å². The summed E-state index contributed by atoms with van der Waals surface area (Å²) in [6.45, 7) is 0. The Morgan fingerprint density at radius 1 is 1.37 bits per heavy atom. The van der Waals surface area contributed by atoms with E-state index in [2.05, 4.69) is 10.6 Å². The molecule has 4 atom stereocenters. The molecule has 2 amide bonds. The Bertz CT molecular complexity index is 398. The monoisotopic (exact) mass is 269 g/mol. The van der Waals surface area contributed by atoms with Crippen LogP contribution in [0.25, 0.3) is 0 Å². The van der Waals surface area contributed by atoms with E-state index in [0.29, 0.717) is 6.04 Å². The fourth-order valence-electron chi connectivity index (χ4n) is 2.94. The number of aliphatic carboxylic acids is 1. The largest absolute Gasteiger partial charge is 0.480 e. The molecule has 7 heteroatoms. The van der Waals surface area contributed by atoms with Crippen LogP contribution < -0.4 is 16.4 Å². The van der Waals surface area contributed by atoms with Crippen LogP contribution in [-0.2, 0) is 14.4 Å². The number of hydrogen-bond acceptors (Lipinski definition) is 4. The molecular formula is C12H19N3O4. The Labute approximate surface area is 110 Å². The lowest BCUT2D eigenvalue weighted by atomic mass is 9.88. The third kappa shape index (κ3) is 3.23. The maximum absolute atomic E-state index is 12.1. The maximum atomic E-state index is 12.1. The van der Waals surface area contributed by atoms with Gasteiger partial charge in [0.2, 0.25) is 11.8 Å². The first-order chi connectivity index (χ1) is 8.97. The molecule has 2 saturated heterocycles. The summed E-state index contributed by atoms with van der Waals surface area (Å²) in [4.78, 5) is 33.8. The summed E-state index contributed by atoms with van der Waals surface area (Å²) in [6, 6.07) is -0.496. The van der Waals surface area contributed by atoms with Crippen molar-refractivity contribution < 1.29 is 19.5 Å². The number of nitrogens with two attached hydrogens (primary N) is 1. The Kier molecular flexibility index (Phi) is 4.04. The van der Waals surface area contributed by atoms with E-state index in [-0.39, 0.29) is 30.7 Å². The van der Waals surface area contributed by atoms with Crippen LogP contribution >= 0.6 is 0 Å². The van der Waals surface area contributed by atoms with Crippen molar-refractivity contribution in [2.75, 3.05) is 0 Å². The second-order valence-electron chi connectivity index (χ2n) is 5.29. The van der Waals surface area contributed by atoms with Gasteiger partial charge in [0.05, 0.1) is 5.92 Å². The highest BCUT2D eigenvalue weighted by Gasteiger charge is 2.43. The van der Waals surface area contributed by atoms with Crippen LogP contribution in [-0.4, -0.2) is 41.0 Å². The average Bonchev–Trinajstić information content (AvgIpc) is 2.95. The van der Waals surface area contributed by atoms with E-state index < -0.39 is 17.9 Å². The SMILES string of the molecule is NC(=O)CC[C@@H](NC(=O)C1CC2CCC1N2)C(=O)O.